The Bertz CT molecular complexity index is 682. The van der Waals surface area contributed by atoms with Crippen molar-refractivity contribution in [3.63, 3.8) is 0 Å². The number of ether oxygens (including phenoxy) is 2. The van der Waals surface area contributed by atoms with Gasteiger partial charge in [-0.3, -0.25) is 4.79 Å². The van der Waals surface area contributed by atoms with Crippen LogP contribution in [0.5, 0.6) is 11.5 Å². The monoisotopic (exact) mass is 378 g/mol. The number of hydrogen-bond acceptors (Lipinski definition) is 4. The van der Waals surface area contributed by atoms with E-state index in [2.05, 4.69) is 5.32 Å². The molecule has 0 aliphatic heterocycles. The van der Waals surface area contributed by atoms with Gasteiger partial charge in [0.2, 0.25) is 5.91 Å². The molecule has 2 aromatic carbocycles. The maximum absolute atomic E-state index is 12.3. The summed E-state index contributed by atoms with van der Waals surface area (Å²) in [5, 5.41) is 2.91. The number of carbonyl (C=O) groups is 1. The first-order valence-electron chi connectivity index (χ1n) is 8.40. The number of hydrogen-bond donors (Lipinski definition) is 2. The fourth-order valence-corrected chi connectivity index (χ4v) is 2.48. The second kappa shape index (κ2) is 10.7. The van der Waals surface area contributed by atoms with Crippen LogP contribution in [0.15, 0.2) is 54.6 Å². The number of amides is 1. The lowest BCUT2D eigenvalue weighted by atomic mass is 9.94. The molecule has 0 radical (unpaired) electrons. The molecule has 0 fully saturated rings. The Morgan fingerprint density at radius 1 is 1.08 bits per heavy atom. The van der Waals surface area contributed by atoms with Gasteiger partial charge in [-0.2, -0.15) is 0 Å². The molecule has 2 aromatic rings. The van der Waals surface area contributed by atoms with Crippen molar-refractivity contribution in [3.8, 4) is 11.5 Å². The van der Waals surface area contributed by atoms with Gasteiger partial charge in [-0.25, -0.2) is 0 Å². The maximum Gasteiger partial charge on any atom is 0.224 e. The van der Waals surface area contributed by atoms with Crippen LogP contribution in [0, 0.1) is 5.92 Å². The van der Waals surface area contributed by atoms with Crippen LogP contribution in [-0.4, -0.2) is 25.7 Å². The predicted molar refractivity (Wildman–Crippen MR) is 106 cm³/mol. The summed E-state index contributed by atoms with van der Waals surface area (Å²) in [5.41, 5.74) is 7.15. The highest BCUT2D eigenvalue weighted by atomic mass is 35.5. The molecule has 3 N–H and O–H groups in total. The maximum atomic E-state index is 12.3. The van der Waals surface area contributed by atoms with Gasteiger partial charge in [0.1, 0.15) is 17.6 Å². The van der Waals surface area contributed by atoms with Crippen molar-refractivity contribution in [1.82, 2.24) is 5.32 Å². The predicted octanol–water partition coefficient (Wildman–Crippen LogP) is 3.34. The lowest BCUT2D eigenvalue weighted by Gasteiger charge is -2.21. The zero-order valence-electron chi connectivity index (χ0n) is 15.3. The molecular weight excluding hydrogens is 352 g/mol. The average Bonchev–Trinajstić information content (AvgIpc) is 2.65. The van der Waals surface area contributed by atoms with E-state index in [0.29, 0.717) is 12.3 Å². The number of nitrogens with one attached hydrogen (secondary N) is 1. The third-order valence-electron chi connectivity index (χ3n) is 4.08. The van der Waals surface area contributed by atoms with Crippen molar-refractivity contribution in [2.45, 2.75) is 26.0 Å². The van der Waals surface area contributed by atoms with Crippen LogP contribution in [0.4, 0.5) is 0 Å². The molecule has 3 atom stereocenters. The normalized spacial score (nSPS) is 13.7. The second-order valence-electron chi connectivity index (χ2n) is 6.08. The molecular formula is C20H27ClN2O3. The Morgan fingerprint density at radius 3 is 2.38 bits per heavy atom. The fraction of sp³-hybridized carbons (Fsp3) is 0.350. The summed E-state index contributed by atoms with van der Waals surface area (Å²) in [6.07, 6.45) is -0.170. The standard InChI is InChI=1S/C20H26N2O3.ClH/c1-14(25-18-11-7-10-17(12-18)24-3)13-22-20(23)15(2)19(21)16-8-5-4-6-9-16;/h4-12,14-15,19H,13,21H2,1-3H3,(H,22,23);1H. The van der Waals surface area contributed by atoms with E-state index in [1.807, 2.05) is 68.4 Å². The molecule has 0 bridgehead atoms. The topological polar surface area (TPSA) is 73.6 Å². The van der Waals surface area contributed by atoms with Crippen molar-refractivity contribution in [1.29, 1.82) is 0 Å². The first kappa shape index (κ1) is 21.8. The van der Waals surface area contributed by atoms with Crippen LogP contribution in [0.2, 0.25) is 0 Å². The zero-order chi connectivity index (χ0) is 18.2. The molecule has 26 heavy (non-hydrogen) atoms. The fourth-order valence-electron chi connectivity index (χ4n) is 2.48. The largest absolute Gasteiger partial charge is 0.497 e. The average molecular weight is 379 g/mol. The highest BCUT2D eigenvalue weighted by Crippen LogP contribution is 2.21. The summed E-state index contributed by atoms with van der Waals surface area (Å²) in [7, 11) is 1.61. The third kappa shape index (κ3) is 6.24. The van der Waals surface area contributed by atoms with E-state index >= 15 is 0 Å². The summed E-state index contributed by atoms with van der Waals surface area (Å²) in [4.78, 5) is 12.3. The third-order valence-corrected chi connectivity index (χ3v) is 4.08. The van der Waals surface area contributed by atoms with Gasteiger partial charge in [0.15, 0.2) is 0 Å². The molecule has 142 valence electrons. The van der Waals surface area contributed by atoms with Gasteiger partial charge in [-0.1, -0.05) is 43.3 Å². The Kier molecular flexibility index (Phi) is 8.96. The van der Waals surface area contributed by atoms with Crippen molar-refractivity contribution in [2.75, 3.05) is 13.7 Å². The molecule has 0 heterocycles. The molecule has 2 rings (SSSR count). The van der Waals surface area contributed by atoms with Crippen LogP contribution in [0.3, 0.4) is 0 Å². The van der Waals surface area contributed by atoms with Gasteiger partial charge in [0.05, 0.1) is 19.6 Å². The van der Waals surface area contributed by atoms with Crippen LogP contribution in [0.1, 0.15) is 25.5 Å². The molecule has 0 aromatic heterocycles. The van der Waals surface area contributed by atoms with Crippen molar-refractivity contribution >= 4 is 18.3 Å². The first-order valence-corrected chi connectivity index (χ1v) is 8.40. The molecule has 0 aliphatic carbocycles. The smallest absolute Gasteiger partial charge is 0.224 e. The number of rotatable bonds is 8. The van der Waals surface area contributed by atoms with E-state index in [1.165, 1.54) is 0 Å². The van der Waals surface area contributed by atoms with E-state index in [-0.39, 0.29) is 36.4 Å². The van der Waals surface area contributed by atoms with Gasteiger partial charge in [-0.15, -0.1) is 12.4 Å². The Morgan fingerprint density at radius 2 is 1.73 bits per heavy atom. The molecule has 1 amide bonds. The minimum Gasteiger partial charge on any atom is -0.497 e. The zero-order valence-corrected chi connectivity index (χ0v) is 16.2. The minimum atomic E-state index is -0.337. The summed E-state index contributed by atoms with van der Waals surface area (Å²) >= 11 is 0. The van der Waals surface area contributed by atoms with Crippen LogP contribution >= 0.6 is 12.4 Å². The number of benzene rings is 2. The number of carbonyl (C=O) groups excluding carboxylic acids is 1. The van der Waals surface area contributed by atoms with Gasteiger partial charge in [-0.05, 0) is 24.6 Å². The molecule has 0 spiro atoms. The number of halogens is 1. The lowest BCUT2D eigenvalue weighted by molar-refractivity contribution is -0.125. The molecule has 5 nitrogen and oxygen atoms in total. The van der Waals surface area contributed by atoms with E-state index in [9.17, 15) is 4.79 Å². The number of methoxy groups -OCH3 is 1. The summed E-state index contributed by atoms with van der Waals surface area (Å²) < 4.78 is 11.0. The van der Waals surface area contributed by atoms with E-state index in [1.54, 1.807) is 7.11 Å². The summed E-state index contributed by atoms with van der Waals surface area (Å²) in [6, 6.07) is 16.7. The quantitative estimate of drug-likeness (QED) is 0.738. The van der Waals surface area contributed by atoms with Gasteiger partial charge < -0.3 is 20.5 Å². The van der Waals surface area contributed by atoms with Crippen LogP contribution in [0.25, 0.3) is 0 Å². The lowest BCUT2D eigenvalue weighted by Crippen LogP contribution is -2.40. The SMILES string of the molecule is COc1cccc(OC(C)CNC(=O)C(C)C(N)c2ccccc2)c1.Cl. The molecule has 0 aliphatic rings. The van der Waals surface area contributed by atoms with Crippen LogP contribution in [-0.2, 0) is 4.79 Å². The van der Waals surface area contributed by atoms with Gasteiger partial charge in [0, 0.05) is 12.1 Å². The van der Waals surface area contributed by atoms with Crippen molar-refractivity contribution in [2.24, 2.45) is 11.7 Å². The highest BCUT2D eigenvalue weighted by molar-refractivity contribution is 5.85. The molecule has 3 unspecified atom stereocenters. The molecule has 6 heteroatoms. The molecule has 0 saturated heterocycles. The second-order valence-corrected chi connectivity index (χ2v) is 6.08. The van der Waals surface area contributed by atoms with Gasteiger partial charge in [0.25, 0.3) is 0 Å². The van der Waals surface area contributed by atoms with Crippen molar-refractivity contribution in [3.05, 3.63) is 60.2 Å². The highest BCUT2D eigenvalue weighted by Gasteiger charge is 2.22. The van der Waals surface area contributed by atoms with Gasteiger partial charge >= 0.3 is 0 Å². The Hall–Kier alpha value is -2.24. The van der Waals surface area contributed by atoms with E-state index in [0.717, 1.165) is 11.3 Å². The van der Waals surface area contributed by atoms with Crippen molar-refractivity contribution < 1.29 is 14.3 Å². The Labute approximate surface area is 161 Å². The number of nitrogens with two attached hydrogens (primary N) is 1. The minimum absolute atomic E-state index is 0. The first-order chi connectivity index (χ1) is 12.0. The van der Waals surface area contributed by atoms with E-state index in [4.69, 9.17) is 15.2 Å². The van der Waals surface area contributed by atoms with E-state index < -0.39 is 0 Å². The molecule has 0 saturated carbocycles. The Balaban J connectivity index is 0.00000338. The van der Waals surface area contributed by atoms with Crippen LogP contribution < -0.4 is 20.5 Å². The summed E-state index contributed by atoms with van der Waals surface area (Å²) in [5.74, 6) is 1.02. The summed E-state index contributed by atoms with van der Waals surface area (Å²) in [6.45, 7) is 4.14.